The quantitative estimate of drug-likeness (QED) is 0.0265. The van der Waals surface area contributed by atoms with Crippen LogP contribution in [0.5, 0.6) is 0 Å². The van der Waals surface area contributed by atoms with E-state index in [-0.39, 0.29) is 38.6 Å². The molecular formula is C53H96NO8P. The summed E-state index contributed by atoms with van der Waals surface area (Å²) in [6.45, 7) is 3.58. The summed E-state index contributed by atoms with van der Waals surface area (Å²) >= 11 is 0. The van der Waals surface area contributed by atoms with Gasteiger partial charge in [0.05, 0.1) is 13.2 Å². The average Bonchev–Trinajstić information content (AvgIpc) is 3.27. The van der Waals surface area contributed by atoms with Gasteiger partial charge in [-0.05, 0) is 57.8 Å². The van der Waals surface area contributed by atoms with Crippen LogP contribution in [0.2, 0.25) is 0 Å². The molecule has 0 spiro atoms. The van der Waals surface area contributed by atoms with Crippen molar-refractivity contribution in [1.82, 2.24) is 0 Å². The molecule has 0 heterocycles. The highest BCUT2D eigenvalue weighted by molar-refractivity contribution is 7.47. The number of nitrogens with two attached hydrogens (primary N) is 1. The molecule has 3 N–H and O–H groups in total. The third-order valence-electron chi connectivity index (χ3n) is 10.9. The van der Waals surface area contributed by atoms with Gasteiger partial charge in [0.1, 0.15) is 6.61 Å². The predicted octanol–water partition coefficient (Wildman–Crippen LogP) is 15.6. The molecule has 10 heteroatoms. The van der Waals surface area contributed by atoms with Crippen LogP contribution >= 0.6 is 7.82 Å². The highest BCUT2D eigenvalue weighted by Gasteiger charge is 2.26. The lowest BCUT2D eigenvalue weighted by atomic mass is 10.0. The molecule has 0 aliphatic heterocycles. The predicted molar refractivity (Wildman–Crippen MR) is 266 cm³/mol. The van der Waals surface area contributed by atoms with E-state index in [2.05, 4.69) is 74.6 Å². The number of esters is 2. The Morgan fingerprint density at radius 1 is 0.492 bits per heavy atom. The van der Waals surface area contributed by atoms with Gasteiger partial charge in [-0.25, -0.2) is 4.57 Å². The number of phosphoric ester groups is 1. The summed E-state index contributed by atoms with van der Waals surface area (Å²) in [5.74, 6) is -0.829. The highest BCUT2D eigenvalue weighted by atomic mass is 31.2. The molecule has 0 aliphatic rings. The van der Waals surface area contributed by atoms with E-state index in [1.54, 1.807) is 0 Å². The second-order valence-corrected chi connectivity index (χ2v) is 18.5. The molecule has 0 aliphatic carbocycles. The third kappa shape index (κ3) is 49.0. The topological polar surface area (TPSA) is 134 Å². The molecule has 2 atom stereocenters. The summed E-state index contributed by atoms with van der Waals surface area (Å²) in [6, 6.07) is 0. The molecule has 9 nitrogen and oxygen atoms in total. The number of carbonyl (C=O) groups excluding carboxylic acids is 2. The molecule has 0 aromatic carbocycles. The fourth-order valence-corrected chi connectivity index (χ4v) is 7.90. The van der Waals surface area contributed by atoms with Gasteiger partial charge in [-0.15, -0.1) is 0 Å². The molecular weight excluding hydrogens is 810 g/mol. The van der Waals surface area contributed by atoms with Crippen molar-refractivity contribution in [1.29, 1.82) is 0 Å². The number of rotatable bonds is 48. The van der Waals surface area contributed by atoms with Crippen LogP contribution in [-0.2, 0) is 32.7 Å². The lowest BCUT2D eigenvalue weighted by molar-refractivity contribution is -0.161. The second kappa shape index (κ2) is 49.2. The Hall–Kier alpha value is -2.29. The van der Waals surface area contributed by atoms with E-state index in [0.29, 0.717) is 6.42 Å². The van der Waals surface area contributed by atoms with Gasteiger partial charge in [0, 0.05) is 19.4 Å². The van der Waals surface area contributed by atoms with Crippen LogP contribution in [0.15, 0.2) is 60.8 Å². The first-order chi connectivity index (χ1) is 30.8. The summed E-state index contributed by atoms with van der Waals surface area (Å²) < 4.78 is 32.7. The van der Waals surface area contributed by atoms with Gasteiger partial charge in [-0.1, -0.05) is 222 Å². The van der Waals surface area contributed by atoms with E-state index < -0.39 is 26.5 Å². The molecule has 366 valence electrons. The van der Waals surface area contributed by atoms with Crippen LogP contribution in [0.1, 0.15) is 232 Å². The van der Waals surface area contributed by atoms with Gasteiger partial charge in [0.2, 0.25) is 0 Å². The number of hydrogen-bond donors (Lipinski definition) is 2. The monoisotopic (exact) mass is 906 g/mol. The van der Waals surface area contributed by atoms with Crippen LogP contribution in [0.4, 0.5) is 0 Å². The normalized spacial score (nSPS) is 13.7. The number of allylic oxidation sites excluding steroid dienone is 10. The molecule has 63 heavy (non-hydrogen) atoms. The first kappa shape index (κ1) is 60.7. The first-order valence-corrected chi connectivity index (χ1v) is 27.3. The van der Waals surface area contributed by atoms with Crippen molar-refractivity contribution in [2.24, 2.45) is 5.73 Å². The Bertz CT molecular complexity index is 1220. The van der Waals surface area contributed by atoms with Crippen LogP contribution in [0.25, 0.3) is 0 Å². The van der Waals surface area contributed by atoms with Gasteiger partial charge in [-0.3, -0.25) is 18.6 Å². The minimum absolute atomic E-state index is 0.0541. The molecule has 0 amide bonds. The Morgan fingerprint density at radius 3 is 1.30 bits per heavy atom. The minimum Gasteiger partial charge on any atom is -0.462 e. The largest absolute Gasteiger partial charge is 0.472 e. The Labute approximate surface area is 387 Å². The maximum atomic E-state index is 12.6. The molecule has 0 fully saturated rings. The number of phosphoric acid groups is 1. The molecule has 0 bridgehead atoms. The lowest BCUT2D eigenvalue weighted by Gasteiger charge is -2.19. The maximum absolute atomic E-state index is 12.6. The van der Waals surface area contributed by atoms with Gasteiger partial charge in [0.15, 0.2) is 6.10 Å². The zero-order chi connectivity index (χ0) is 46.0. The Morgan fingerprint density at radius 2 is 0.873 bits per heavy atom. The van der Waals surface area contributed by atoms with Crippen molar-refractivity contribution in [3.8, 4) is 0 Å². The summed E-state index contributed by atoms with van der Waals surface area (Å²) in [4.78, 5) is 34.7. The van der Waals surface area contributed by atoms with Crippen molar-refractivity contribution in [3.05, 3.63) is 60.8 Å². The first-order valence-electron chi connectivity index (χ1n) is 25.8. The number of ether oxygens (including phenoxy) is 2. The molecule has 0 saturated heterocycles. The SMILES string of the molecule is CC/C=C\C/C=C\C/C=C\C/C=C\C/C=C\CCCCCCCCCCCCCCCCCCCCCC(=O)OC(COC(=O)CCCCCCCCC)COP(=O)(O)OCCN. The lowest BCUT2D eigenvalue weighted by Crippen LogP contribution is -2.29. The maximum Gasteiger partial charge on any atom is 0.472 e. The van der Waals surface area contributed by atoms with Crippen LogP contribution in [-0.4, -0.2) is 49.3 Å². The summed E-state index contributed by atoms with van der Waals surface area (Å²) in [6.07, 6.45) is 60.3. The second-order valence-electron chi connectivity index (χ2n) is 17.0. The van der Waals surface area contributed by atoms with Crippen molar-refractivity contribution >= 4 is 19.8 Å². The smallest absolute Gasteiger partial charge is 0.462 e. The van der Waals surface area contributed by atoms with Crippen molar-refractivity contribution in [2.45, 2.75) is 238 Å². The zero-order valence-electron chi connectivity index (χ0n) is 40.6. The van der Waals surface area contributed by atoms with E-state index in [4.69, 9.17) is 24.3 Å². The number of unbranched alkanes of at least 4 members (excludes halogenated alkanes) is 25. The van der Waals surface area contributed by atoms with Crippen LogP contribution < -0.4 is 5.73 Å². The van der Waals surface area contributed by atoms with E-state index >= 15 is 0 Å². The summed E-state index contributed by atoms with van der Waals surface area (Å²) in [7, 11) is -4.37. The fourth-order valence-electron chi connectivity index (χ4n) is 7.13. The average molecular weight is 906 g/mol. The van der Waals surface area contributed by atoms with Crippen molar-refractivity contribution < 1.29 is 37.6 Å². The highest BCUT2D eigenvalue weighted by Crippen LogP contribution is 2.43. The number of carbonyl (C=O) groups is 2. The Kier molecular flexibility index (Phi) is 47.4. The fraction of sp³-hybridized carbons (Fsp3) is 0.774. The molecule has 0 rings (SSSR count). The minimum atomic E-state index is -4.37. The molecule has 0 radical (unpaired) electrons. The van der Waals surface area contributed by atoms with E-state index in [1.807, 2.05) is 0 Å². The van der Waals surface area contributed by atoms with Gasteiger partial charge >= 0.3 is 19.8 Å². The zero-order valence-corrected chi connectivity index (χ0v) is 41.4. The van der Waals surface area contributed by atoms with Crippen molar-refractivity contribution in [3.63, 3.8) is 0 Å². The Balaban J connectivity index is 3.76. The van der Waals surface area contributed by atoms with E-state index in [9.17, 15) is 19.0 Å². The van der Waals surface area contributed by atoms with Gasteiger partial charge < -0.3 is 20.1 Å². The summed E-state index contributed by atoms with van der Waals surface area (Å²) in [5.41, 5.74) is 5.34. The molecule has 0 saturated carbocycles. The third-order valence-corrected chi connectivity index (χ3v) is 11.9. The molecule has 2 unspecified atom stereocenters. The van der Waals surface area contributed by atoms with E-state index in [1.165, 1.54) is 135 Å². The van der Waals surface area contributed by atoms with E-state index in [0.717, 1.165) is 64.2 Å². The van der Waals surface area contributed by atoms with Crippen LogP contribution in [0, 0.1) is 0 Å². The van der Waals surface area contributed by atoms with Gasteiger partial charge in [0.25, 0.3) is 0 Å². The number of hydrogen-bond acceptors (Lipinski definition) is 8. The van der Waals surface area contributed by atoms with Crippen LogP contribution in [0.3, 0.4) is 0 Å². The van der Waals surface area contributed by atoms with Gasteiger partial charge in [-0.2, -0.15) is 0 Å². The summed E-state index contributed by atoms with van der Waals surface area (Å²) in [5, 5.41) is 0. The standard InChI is InChI=1S/C53H96NO8P/c1-3-5-7-9-11-12-13-14-15-16-17-18-19-20-21-22-23-24-25-26-27-28-29-30-31-32-33-34-35-36-37-38-40-42-44-46-53(56)62-51(50-61-63(57,58)60-48-47-54)49-59-52(55)45-43-41-39-10-8-6-4-2/h5,7,11-12,14-15,17-18,20-21,51H,3-4,6,8-10,13,16,19,22-50,54H2,1-2H3,(H,57,58)/b7-5-,12-11-,15-14-,18-17-,21-20-. The molecule has 0 aromatic heterocycles. The molecule has 0 aromatic rings. The van der Waals surface area contributed by atoms with Crippen molar-refractivity contribution in [2.75, 3.05) is 26.4 Å².